The van der Waals surface area contributed by atoms with Crippen LogP contribution in [0.3, 0.4) is 0 Å². The number of aromatic nitrogens is 1. The van der Waals surface area contributed by atoms with Crippen LogP contribution < -0.4 is 4.74 Å². The number of nitrogens with zero attached hydrogens (tertiary/aromatic N) is 1. The number of alkyl halides is 2. The second kappa shape index (κ2) is 5.56. The SMILES string of the molecule is COc1cc(C(F)(F)CCCC(=O)O)ccn1. The molecule has 0 aliphatic heterocycles. The first-order valence-corrected chi connectivity index (χ1v) is 5.06. The standard InChI is InChI=1S/C11H13F2NO3/c1-17-9-7-8(4-6-14-9)11(12,13)5-2-3-10(15)16/h4,6-7H,2-3,5H2,1H3,(H,15,16). The van der Waals surface area contributed by atoms with Crippen molar-refractivity contribution in [1.82, 2.24) is 4.98 Å². The highest BCUT2D eigenvalue weighted by atomic mass is 19.3. The normalized spacial score (nSPS) is 11.2. The van der Waals surface area contributed by atoms with E-state index in [1.165, 1.54) is 19.4 Å². The molecular weight excluding hydrogens is 232 g/mol. The average Bonchev–Trinajstić information content (AvgIpc) is 2.28. The first kappa shape index (κ1) is 13.3. The lowest BCUT2D eigenvalue weighted by atomic mass is 10.0. The number of carboxylic acid groups (broad SMARTS) is 1. The van der Waals surface area contributed by atoms with E-state index in [1.807, 2.05) is 0 Å². The van der Waals surface area contributed by atoms with Crippen LogP contribution in [0.15, 0.2) is 18.3 Å². The largest absolute Gasteiger partial charge is 0.481 e. The monoisotopic (exact) mass is 245 g/mol. The molecule has 0 saturated heterocycles. The summed E-state index contributed by atoms with van der Waals surface area (Å²) in [7, 11) is 1.34. The lowest BCUT2D eigenvalue weighted by molar-refractivity contribution is -0.137. The quantitative estimate of drug-likeness (QED) is 0.836. The van der Waals surface area contributed by atoms with Gasteiger partial charge in [0.05, 0.1) is 7.11 Å². The van der Waals surface area contributed by atoms with Gasteiger partial charge in [-0.3, -0.25) is 4.79 Å². The lowest BCUT2D eigenvalue weighted by Gasteiger charge is -2.16. The first-order valence-electron chi connectivity index (χ1n) is 5.06. The smallest absolute Gasteiger partial charge is 0.303 e. The molecule has 1 N–H and O–H groups in total. The number of methoxy groups -OCH3 is 1. The fourth-order valence-corrected chi connectivity index (χ4v) is 1.35. The second-order valence-electron chi connectivity index (χ2n) is 3.54. The van der Waals surface area contributed by atoms with Gasteiger partial charge in [-0.2, -0.15) is 0 Å². The van der Waals surface area contributed by atoms with Crippen LogP contribution in [-0.4, -0.2) is 23.2 Å². The van der Waals surface area contributed by atoms with Crippen molar-refractivity contribution in [2.75, 3.05) is 7.11 Å². The molecule has 0 atom stereocenters. The molecule has 0 aliphatic rings. The van der Waals surface area contributed by atoms with Crippen molar-refractivity contribution in [2.45, 2.75) is 25.2 Å². The molecule has 17 heavy (non-hydrogen) atoms. The molecule has 4 nitrogen and oxygen atoms in total. The number of pyridine rings is 1. The number of hydrogen-bond donors (Lipinski definition) is 1. The highest BCUT2D eigenvalue weighted by Gasteiger charge is 2.31. The molecule has 0 aromatic carbocycles. The van der Waals surface area contributed by atoms with E-state index in [9.17, 15) is 13.6 Å². The molecule has 0 spiro atoms. The van der Waals surface area contributed by atoms with Gasteiger partial charge < -0.3 is 9.84 Å². The van der Waals surface area contributed by atoms with Crippen molar-refractivity contribution in [3.05, 3.63) is 23.9 Å². The molecule has 0 bridgehead atoms. The first-order chi connectivity index (χ1) is 7.95. The summed E-state index contributed by atoms with van der Waals surface area (Å²) < 4.78 is 32.0. The Kier molecular flexibility index (Phi) is 4.37. The Morgan fingerprint density at radius 2 is 2.29 bits per heavy atom. The fourth-order valence-electron chi connectivity index (χ4n) is 1.35. The summed E-state index contributed by atoms with van der Waals surface area (Å²) in [5.74, 6) is -4.03. The number of aliphatic carboxylic acids is 1. The lowest BCUT2D eigenvalue weighted by Crippen LogP contribution is -2.14. The van der Waals surface area contributed by atoms with Crippen molar-refractivity contribution in [3.8, 4) is 5.88 Å². The van der Waals surface area contributed by atoms with Gasteiger partial charge in [0, 0.05) is 30.7 Å². The zero-order chi connectivity index (χ0) is 12.9. The van der Waals surface area contributed by atoms with Crippen molar-refractivity contribution in [1.29, 1.82) is 0 Å². The van der Waals surface area contributed by atoms with E-state index < -0.39 is 18.3 Å². The molecule has 94 valence electrons. The summed E-state index contributed by atoms with van der Waals surface area (Å²) >= 11 is 0. The number of ether oxygens (including phenoxy) is 1. The minimum Gasteiger partial charge on any atom is -0.481 e. The molecule has 0 aliphatic carbocycles. The fraction of sp³-hybridized carbons (Fsp3) is 0.455. The molecular formula is C11H13F2NO3. The van der Waals surface area contributed by atoms with Gasteiger partial charge >= 0.3 is 5.97 Å². The third-order valence-corrected chi connectivity index (χ3v) is 2.25. The minimum atomic E-state index is -3.06. The van der Waals surface area contributed by atoms with Gasteiger partial charge in [-0.1, -0.05) is 0 Å². The number of rotatable bonds is 6. The zero-order valence-electron chi connectivity index (χ0n) is 9.32. The molecule has 0 radical (unpaired) electrons. The van der Waals surface area contributed by atoms with E-state index in [0.717, 1.165) is 6.07 Å². The summed E-state index contributed by atoms with van der Waals surface area (Å²) in [6.07, 6.45) is 0.385. The Morgan fingerprint density at radius 3 is 2.88 bits per heavy atom. The third kappa shape index (κ3) is 3.97. The second-order valence-corrected chi connectivity index (χ2v) is 3.54. The Hall–Kier alpha value is -1.72. The maximum Gasteiger partial charge on any atom is 0.303 e. The third-order valence-electron chi connectivity index (χ3n) is 2.25. The Labute approximate surface area is 97.2 Å². The van der Waals surface area contributed by atoms with E-state index in [2.05, 4.69) is 4.98 Å². The number of carbonyl (C=O) groups is 1. The number of hydrogen-bond acceptors (Lipinski definition) is 3. The van der Waals surface area contributed by atoms with Crippen LogP contribution in [-0.2, 0) is 10.7 Å². The van der Waals surface area contributed by atoms with Gasteiger partial charge in [-0.05, 0) is 12.5 Å². The highest BCUT2D eigenvalue weighted by Crippen LogP contribution is 2.34. The van der Waals surface area contributed by atoms with Crippen LogP contribution in [0.4, 0.5) is 8.78 Å². The summed E-state index contributed by atoms with van der Waals surface area (Å²) in [6.45, 7) is 0. The number of halogens is 2. The van der Waals surface area contributed by atoms with Crippen LogP contribution in [0.2, 0.25) is 0 Å². The van der Waals surface area contributed by atoms with Crippen LogP contribution >= 0.6 is 0 Å². The van der Waals surface area contributed by atoms with Gasteiger partial charge in [0.1, 0.15) is 0 Å². The Bertz CT molecular complexity index is 396. The van der Waals surface area contributed by atoms with E-state index in [0.29, 0.717) is 0 Å². The molecule has 1 heterocycles. The molecule has 0 fully saturated rings. The molecule has 0 saturated carbocycles. The Balaban J connectivity index is 2.70. The molecule has 1 rings (SSSR count). The van der Waals surface area contributed by atoms with Gasteiger partial charge in [0.15, 0.2) is 0 Å². The van der Waals surface area contributed by atoms with E-state index in [1.54, 1.807) is 0 Å². The van der Waals surface area contributed by atoms with Gasteiger partial charge in [0.2, 0.25) is 5.88 Å². The van der Waals surface area contributed by atoms with E-state index in [-0.39, 0.29) is 24.3 Å². The zero-order valence-corrected chi connectivity index (χ0v) is 9.32. The van der Waals surface area contributed by atoms with E-state index in [4.69, 9.17) is 9.84 Å². The van der Waals surface area contributed by atoms with Crippen molar-refractivity contribution >= 4 is 5.97 Å². The summed E-state index contributed by atoms with van der Waals surface area (Å²) in [5.41, 5.74) is -0.213. The van der Waals surface area contributed by atoms with Crippen LogP contribution in [0.1, 0.15) is 24.8 Å². The summed E-state index contributed by atoms with van der Waals surface area (Å²) in [5, 5.41) is 8.39. The molecule has 0 amide bonds. The predicted octanol–water partition coefficient (Wildman–Crippen LogP) is 2.44. The molecule has 1 aromatic rings. The van der Waals surface area contributed by atoms with Crippen LogP contribution in [0.5, 0.6) is 5.88 Å². The molecule has 6 heteroatoms. The van der Waals surface area contributed by atoms with Gasteiger partial charge in [0.25, 0.3) is 5.92 Å². The highest BCUT2D eigenvalue weighted by molar-refractivity contribution is 5.66. The molecule has 1 aromatic heterocycles. The van der Waals surface area contributed by atoms with E-state index >= 15 is 0 Å². The maximum atomic E-state index is 13.6. The van der Waals surface area contributed by atoms with Crippen molar-refractivity contribution in [3.63, 3.8) is 0 Å². The summed E-state index contributed by atoms with van der Waals surface area (Å²) in [6, 6.07) is 2.35. The Morgan fingerprint density at radius 1 is 1.59 bits per heavy atom. The van der Waals surface area contributed by atoms with Crippen LogP contribution in [0.25, 0.3) is 0 Å². The predicted molar refractivity (Wildman–Crippen MR) is 56.2 cm³/mol. The maximum absolute atomic E-state index is 13.6. The average molecular weight is 245 g/mol. The van der Waals surface area contributed by atoms with Crippen LogP contribution in [0, 0.1) is 0 Å². The van der Waals surface area contributed by atoms with Crippen molar-refractivity contribution in [2.24, 2.45) is 0 Å². The topological polar surface area (TPSA) is 59.4 Å². The van der Waals surface area contributed by atoms with Gasteiger partial charge in [-0.15, -0.1) is 0 Å². The summed E-state index contributed by atoms with van der Waals surface area (Å²) in [4.78, 5) is 14.0. The molecule has 0 unspecified atom stereocenters. The minimum absolute atomic E-state index is 0.0764. The van der Waals surface area contributed by atoms with Gasteiger partial charge in [-0.25, -0.2) is 13.8 Å². The number of carboxylic acids is 1. The van der Waals surface area contributed by atoms with Crippen molar-refractivity contribution < 1.29 is 23.4 Å².